The first kappa shape index (κ1) is 11.3. The van der Waals surface area contributed by atoms with Crippen LogP contribution < -0.4 is 11.1 Å². The van der Waals surface area contributed by atoms with E-state index in [1.54, 1.807) is 0 Å². The Morgan fingerprint density at radius 2 is 1.88 bits per heavy atom. The van der Waals surface area contributed by atoms with Gasteiger partial charge in [0.15, 0.2) is 0 Å². The average molecular weight is 159 g/mol. The van der Waals surface area contributed by atoms with E-state index in [0.29, 0.717) is 12.1 Å². The molecular formula is C4H12Cl2N2. The summed E-state index contributed by atoms with van der Waals surface area (Å²) in [6, 6.07) is 0.981. The summed E-state index contributed by atoms with van der Waals surface area (Å²) in [5.74, 6) is 0. The zero-order chi connectivity index (χ0) is 4.57. The Kier molecular flexibility index (Phi) is 6.20. The Labute approximate surface area is 62.0 Å². The maximum atomic E-state index is 5.46. The highest BCUT2D eigenvalue weighted by Crippen LogP contribution is 1.96. The lowest BCUT2D eigenvalue weighted by molar-refractivity contribution is 0.335. The zero-order valence-electron chi connectivity index (χ0n) is 4.76. The quantitative estimate of drug-likeness (QED) is 0.528. The van der Waals surface area contributed by atoms with Crippen molar-refractivity contribution >= 4 is 24.8 Å². The molecule has 0 amide bonds. The average Bonchev–Trinajstić information content (AvgIpc) is 1.61. The van der Waals surface area contributed by atoms with Crippen LogP contribution in [-0.4, -0.2) is 18.6 Å². The summed E-state index contributed by atoms with van der Waals surface area (Å²) in [5.41, 5.74) is 5.46. The van der Waals surface area contributed by atoms with Crippen LogP contribution in [0.15, 0.2) is 0 Å². The lowest BCUT2D eigenvalue weighted by Crippen LogP contribution is -2.60. The number of hydrogen-bond acceptors (Lipinski definition) is 2. The second kappa shape index (κ2) is 4.39. The molecular weight excluding hydrogens is 147 g/mol. The molecule has 1 aliphatic rings. The fraction of sp³-hybridized carbons (Fsp3) is 1.00. The summed E-state index contributed by atoms with van der Waals surface area (Å²) in [6.45, 7) is 3.09. The highest BCUT2D eigenvalue weighted by atomic mass is 35.5. The molecule has 1 aliphatic heterocycles. The fourth-order valence-corrected chi connectivity index (χ4v) is 0.490. The van der Waals surface area contributed by atoms with Gasteiger partial charge < -0.3 is 11.1 Å². The van der Waals surface area contributed by atoms with Gasteiger partial charge in [-0.05, 0) is 6.92 Å². The van der Waals surface area contributed by atoms with Crippen LogP contribution in [-0.2, 0) is 0 Å². The monoisotopic (exact) mass is 158 g/mol. The molecule has 4 heteroatoms. The van der Waals surface area contributed by atoms with Gasteiger partial charge in [-0.1, -0.05) is 0 Å². The van der Waals surface area contributed by atoms with Crippen LogP contribution in [0.1, 0.15) is 6.92 Å². The summed E-state index contributed by atoms with van der Waals surface area (Å²) >= 11 is 0. The van der Waals surface area contributed by atoms with E-state index < -0.39 is 0 Å². The molecule has 0 radical (unpaired) electrons. The molecule has 0 aromatic heterocycles. The van der Waals surface area contributed by atoms with E-state index in [0.717, 1.165) is 6.54 Å². The first-order valence-electron chi connectivity index (χ1n) is 2.29. The predicted molar refractivity (Wildman–Crippen MR) is 39.9 cm³/mol. The summed E-state index contributed by atoms with van der Waals surface area (Å²) in [4.78, 5) is 0. The molecule has 1 rings (SSSR count). The molecule has 52 valence electrons. The maximum absolute atomic E-state index is 5.46. The van der Waals surface area contributed by atoms with Crippen molar-refractivity contribution < 1.29 is 0 Å². The van der Waals surface area contributed by atoms with Crippen molar-refractivity contribution in [1.29, 1.82) is 0 Å². The second-order valence-corrected chi connectivity index (χ2v) is 1.86. The molecule has 2 atom stereocenters. The summed E-state index contributed by atoms with van der Waals surface area (Å²) in [5, 5.41) is 3.13. The molecule has 0 aromatic carbocycles. The number of nitrogens with one attached hydrogen (secondary N) is 1. The minimum atomic E-state index is 0. The summed E-state index contributed by atoms with van der Waals surface area (Å²) < 4.78 is 0. The molecule has 0 aliphatic carbocycles. The van der Waals surface area contributed by atoms with Gasteiger partial charge >= 0.3 is 0 Å². The minimum Gasteiger partial charge on any atom is -0.325 e. The van der Waals surface area contributed by atoms with Gasteiger partial charge in [0, 0.05) is 18.6 Å². The molecule has 2 unspecified atom stereocenters. The normalized spacial score (nSPS) is 33.8. The van der Waals surface area contributed by atoms with Gasteiger partial charge in [0.05, 0.1) is 0 Å². The third-order valence-electron chi connectivity index (χ3n) is 1.32. The minimum absolute atomic E-state index is 0. The smallest absolute Gasteiger partial charge is 0.0318 e. The van der Waals surface area contributed by atoms with Crippen molar-refractivity contribution in [3.8, 4) is 0 Å². The summed E-state index contributed by atoms with van der Waals surface area (Å²) in [7, 11) is 0. The Morgan fingerprint density at radius 3 is 1.88 bits per heavy atom. The van der Waals surface area contributed by atoms with Crippen molar-refractivity contribution in [2.24, 2.45) is 5.73 Å². The first-order valence-corrected chi connectivity index (χ1v) is 2.29. The van der Waals surface area contributed by atoms with E-state index >= 15 is 0 Å². The third kappa shape index (κ3) is 2.18. The van der Waals surface area contributed by atoms with Gasteiger partial charge in [0.1, 0.15) is 0 Å². The van der Waals surface area contributed by atoms with Crippen molar-refractivity contribution in [2.75, 3.05) is 6.54 Å². The van der Waals surface area contributed by atoms with Gasteiger partial charge in [-0.2, -0.15) is 0 Å². The number of nitrogens with two attached hydrogens (primary N) is 1. The number of halogens is 2. The van der Waals surface area contributed by atoms with Gasteiger partial charge in [0.25, 0.3) is 0 Å². The summed E-state index contributed by atoms with van der Waals surface area (Å²) in [6.07, 6.45) is 0. The molecule has 0 bridgehead atoms. The van der Waals surface area contributed by atoms with Crippen LogP contribution >= 0.6 is 24.8 Å². The van der Waals surface area contributed by atoms with Crippen molar-refractivity contribution in [1.82, 2.24) is 5.32 Å². The number of hydrogen-bond donors (Lipinski definition) is 2. The molecule has 1 heterocycles. The highest BCUT2D eigenvalue weighted by molar-refractivity contribution is 5.85. The molecule has 1 fully saturated rings. The largest absolute Gasteiger partial charge is 0.325 e. The molecule has 0 spiro atoms. The van der Waals surface area contributed by atoms with Crippen molar-refractivity contribution in [3.05, 3.63) is 0 Å². The van der Waals surface area contributed by atoms with Gasteiger partial charge in [-0.3, -0.25) is 0 Å². The SMILES string of the molecule is CC1NCC1N.Cl.Cl. The zero-order valence-corrected chi connectivity index (χ0v) is 6.39. The van der Waals surface area contributed by atoms with Crippen LogP contribution in [0.2, 0.25) is 0 Å². The van der Waals surface area contributed by atoms with Crippen LogP contribution in [0.4, 0.5) is 0 Å². The molecule has 8 heavy (non-hydrogen) atoms. The first-order chi connectivity index (χ1) is 2.80. The van der Waals surface area contributed by atoms with Crippen LogP contribution in [0.25, 0.3) is 0 Å². The molecule has 0 aromatic rings. The van der Waals surface area contributed by atoms with Gasteiger partial charge in [0.2, 0.25) is 0 Å². The molecule has 1 saturated heterocycles. The van der Waals surface area contributed by atoms with E-state index in [9.17, 15) is 0 Å². The van der Waals surface area contributed by atoms with Crippen molar-refractivity contribution in [3.63, 3.8) is 0 Å². The number of rotatable bonds is 0. The topological polar surface area (TPSA) is 38.0 Å². The Bertz CT molecular complexity index is 52.0. The lowest BCUT2D eigenvalue weighted by Gasteiger charge is -2.31. The molecule has 3 N–H and O–H groups in total. The Morgan fingerprint density at radius 1 is 1.50 bits per heavy atom. The van der Waals surface area contributed by atoms with Crippen LogP contribution in [0.3, 0.4) is 0 Å². The van der Waals surface area contributed by atoms with E-state index in [-0.39, 0.29) is 24.8 Å². The van der Waals surface area contributed by atoms with Crippen LogP contribution in [0.5, 0.6) is 0 Å². The van der Waals surface area contributed by atoms with Crippen LogP contribution in [0, 0.1) is 0 Å². The highest BCUT2D eigenvalue weighted by Gasteiger charge is 2.20. The standard InChI is InChI=1S/C4H10N2.2ClH/c1-3-4(5)2-6-3;;/h3-4,6H,2,5H2,1H3;2*1H. The van der Waals surface area contributed by atoms with E-state index in [1.165, 1.54) is 0 Å². The fourth-order valence-electron chi connectivity index (χ4n) is 0.490. The maximum Gasteiger partial charge on any atom is 0.0318 e. The predicted octanol–water partition coefficient (Wildman–Crippen LogP) is 0.149. The van der Waals surface area contributed by atoms with E-state index in [4.69, 9.17) is 5.73 Å². The second-order valence-electron chi connectivity index (χ2n) is 1.86. The lowest BCUT2D eigenvalue weighted by atomic mass is 10.0. The van der Waals surface area contributed by atoms with E-state index in [1.807, 2.05) is 0 Å². The van der Waals surface area contributed by atoms with Gasteiger partial charge in [-0.15, -0.1) is 24.8 Å². The molecule has 2 nitrogen and oxygen atoms in total. The Balaban J connectivity index is 0. The van der Waals surface area contributed by atoms with Crippen molar-refractivity contribution in [2.45, 2.75) is 19.0 Å². The molecule has 0 saturated carbocycles. The van der Waals surface area contributed by atoms with E-state index in [2.05, 4.69) is 12.2 Å². The Hall–Kier alpha value is 0.500. The third-order valence-corrected chi connectivity index (χ3v) is 1.32. The van der Waals surface area contributed by atoms with Gasteiger partial charge in [-0.25, -0.2) is 0 Å².